The van der Waals surface area contributed by atoms with Gasteiger partial charge in [-0.05, 0) is 30.4 Å². The number of piperidine rings is 1. The molecule has 1 saturated carbocycles. The summed E-state index contributed by atoms with van der Waals surface area (Å²) in [6.07, 6.45) is 6.01. The molecule has 1 aliphatic carbocycles. The van der Waals surface area contributed by atoms with Crippen molar-refractivity contribution in [3.8, 4) is 0 Å². The first-order valence-corrected chi connectivity index (χ1v) is 11.1. The Hall–Kier alpha value is -2.50. The number of likely N-dealkylation sites (tertiary alicyclic amines) is 1. The van der Waals surface area contributed by atoms with E-state index in [0.717, 1.165) is 37.2 Å². The maximum absolute atomic E-state index is 11.7. The quantitative estimate of drug-likeness (QED) is 0.688. The molecule has 156 valence electrons. The molecule has 1 N–H and O–H groups in total. The summed E-state index contributed by atoms with van der Waals surface area (Å²) in [5.74, 6) is 1.65. The second-order valence-corrected chi connectivity index (χ2v) is 8.74. The van der Waals surface area contributed by atoms with Crippen LogP contribution < -0.4 is 0 Å². The normalized spacial score (nSPS) is 27.0. The van der Waals surface area contributed by atoms with Crippen molar-refractivity contribution in [3.63, 3.8) is 0 Å². The first kappa shape index (κ1) is 19.5. The number of rotatable bonds is 5. The maximum atomic E-state index is 11.7. The third kappa shape index (κ3) is 3.80. The molecule has 5 nitrogen and oxygen atoms in total. The Kier molecular flexibility index (Phi) is 5.40. The zero-order valence-corrected chi connectivity index (χ0v) is 17.3. The second-order valence-electron chi connectivity index (χ2n) is 8.74. The number of aliphatic hydroxyl groups is 1. The summed E-state index contributed by atoms with van der Waals surface area (Å²) < 4.78 is 5.59. The largest absolute Gasteiger partial charge is 0.385 e. The lowest BCUT2D eigenvalue weighted by Crippen LogP contribution is -2.57. The Morgan fingerprint density at radius 1 is 1.00 bits per heavy atom. The van der Waals surface area contributed by atoms with Gasteiger partial charge >= 0.3 is 0 Å². The molecule has 3 atom stereocenters. The van der Waals surface area contributed by atoms with Gasteiger partial charge in [-0.25, -0.2) is 0 Å². The predicted octanol–water partition coefficient (Wildman–Crippen LogP) is 4.31. The van der Waals surface area contributed by atoms with Gasteiger partial charge in [0.1, 0.15) is 0 Å². The van der Waals surface area contributed by atoms with Gasteiger partial charge in [0, 0.05) is 24.9 Å². The zero-order chi connectivity index (χ0) is 20.4. The lowest BCUT2D eigenvalue weighted by molar-refractivity contribution is -0.124. The second kappa shape index (κ2) is 8.32. The van der Waals surface area contributed by atoms with Crippen LogP contribution in [-0.4, -0.2) is 32.7 Å². The molecule has 1 aromatic heterocycles. The van der Waals surface area contributed by atoms with E-state index in [1.807, 2.05) is 36.4 Å². The number of fused-ring (bicyclic) bond motifs is 1. The van der Waals surface area contributed by atoms with E-state index < -0.39 is 5.60 Å². The lowest BCUT2D eigenvalue weighted by atomic mass is 9.66. The van der Waals surface area contributed by atoms with E-state index in [2.05, 4.69) is 39.3 Å². The summed E-state index contributed by atoms with van der Waals surface area (Å²) in [6.45, 7) is 1.50. The third-order valence-electron chi connectivity index (χ3n) is 6.92. The van der Waals surface area contributed by atoms with Crippen molar-refractivity contribution in [2.24, 2.45) is 5.92 Å². The molecule has 1 aliphatic heterocycles. The zero-order valence-electron chi connectivity index (χ0n) is 17.3. The Labute approximate surface area is 177 Å². The lowest BCUT2D eigenvalue weighted by Gasteiger charge is -2.52. The van der Waals surface area contributed by atoms with Gasteiger partial charge in [-0.15, -0.1) is 0 Å². The molecule has 1 saturated heterocycles. The molecule has 5 rings (SSSR count). The van der Waals surface area contributed by atoms with Crippen LogP contribution in [0.25, 0.3) is 0 Å². The fourth-order valence-electron chi connectivity index (χ4n) is 5.43. The van der Waals surface area contributed by atoms with Crippen molar-refractivity contribution < 1.29 is 9.63 Å². The maximum Gasteiger partial charge on any atom is 0.240 e. The molecule has 0 bridgehead atoms. The molecule has 3 aromatic rings. The molecular formula is C25H29N3O2. The Bertz CT molecular complexity index is 959. The summed E-state index contributed by atoms with van der Waals surface area (Å²) in [5, 5.41) is 15.9. The average Bonchev–Trinajstić information content (AvgIpc) is 3.24. The van der Waals surface area contributed by atoms with E-state index in [1.165, 1.54) is 18.4 Å². The van der Waals surface area contributed by atoms with Crippen molar-refractivity contribution in [1.29, 1.82) is 0 Å². The summed E-state index contributed by atoms with van der Waals surface area (Å²) >= 11 is 0. The van der Waals surface area contributed by atoms with Crippen LogP contribution in [0.3, 0.4) is 0 Å². The minimum Gasteiger partial charge on any atom is -0.385 e. The summed E-state index contributed by atoms with van der Waals surface area (Å²) in [5.41, 5.74) is 1.50. The number of aromatic nitrogens is 2. The van der Waals surface area contributed by atoms with Crippen molar-refractivity contribution in [1.82, 2.24) is 15.0 Å². The number of hydrogen-bond donors (Lipinski definition) is 1. The smallest absolute Gasteiger partial charge is 0.240 e. The third-order valence-corrected chi connectivity index (χ3v) is 6.92. The average molecular weight is 404 g/mol. The predicted molar refractivity (Wildman–Crippen MR) is 115 cm³/mol. The van der Waals surface area contributed by atoms with Crippen molar-refractivity contribution in [3.05, 3.63) is 83.5 Å². The highest BCUT2D eigenvalue weighted by Gasteiger charge is 2.49. The molecule has 2 aliphatic rings. The van der Waals surface area contributed by atoms with Crippen LogP contribution in [0.5, 0.6) is 0 Å². The van der Waals surface area contributed by atoms with Gasteiger partial charge in [-0.1, -0.05) is 78.7 Å². The number of nitrogens with zero attached hydrogens (tertiary/aromatic N) is 3. The summed E-state index contributed by atoms with van der Waals surface area (Å²) in [4.78, 5) is 7.11. The van der Waals surface area contributed by atoms with Crippen molar-refractivity contribution >= 4 is 0 Å². The van der Waals surface area contributed by atoms with Gasteiger partial charge < -0.3 is 9.63 Å². The Morgan fingerprint density at radius 2 is 1.73 bits per heavy atom. The minimum atomic E-state index is -0.740. The molecule has 0 radical (unpaired) electrons. The fraction of sp³-hybridized carbons (Fsp3) is 0.440. The molecule has 2 aromatic carbocycles. The van der Waals surface area contributed by atoms with Crippen LogP contribution in [0.15, 0.2) is 65.2 Å². The van der Waals surface area contributed by atoms with Crippen LogP contribution >= 0.6 is 0 Å². The van der Waals surface area contributed by atoms with Crippen LogP contribution in [-0.2, 0) is 18.6 Å². The number of benzene rings is 2. The van der Waals surface area contributed by atoms with E-state index in [1.54, 1.807) is 0 Å². The molecule has 2 fully saturated rings. The van der Waals surface area contributed by atoms with Gasteiger partial charge in [-0.2, -0.15) is 4.98 Å². The minimum absolute atomic E-state index is 0.245. The Balaban J connectivity index is 1.32. The van der Waals surface area contributed by atoms with Crippen molar-refractivity contribution in [2.45, 2.75) is 56.7 Å². The number of hydrogen-bond acceptors (Lipinski definition) is 5. The van der Waals surface area contributed by atoms with E-state index in [-0.39, 0.29) is 5.92 Å². The van der Waals surface area contributed by atoms with Crippen LogP contribution in [0.2, 0.25) is 0 Å². The highest BCUT2D eigenvalue weighted by atomic mass is 16.5. The first-order chi connectivity index (χ1) is 14.7. The molecule has 30 heavy (non-hydrogen) atoms. The molecule has 0 amide bonds. The standard InChI is InChI=1S/C25H29N3O2/c29-25(20-11-5-2-6-12-20)15-16-28(22-14-8-7-13-21(22)25)18-24-26-23(27-30-24)17-19-9-3-1-4-10-19/h1-6,9-12,21-22,29H,7-8,13-18H2/t21-,22-,25+/m0/s1. The Morgan fingerprint density at radius 3 is 2.53 bits per heavy atom. The highest BCUT2D eigenvalue weighted by Crippen LogP contribution is 2.47. The van der Waals surface area contributed by atoms with Gasteiger partial charge in [0.05, 0.1) is 12.1 Å². The molecule has 5 heteroatoms. The molecular weight excluding hydrogens is 374 g/mol. The summed E-state index contributed by atoms with van der Waals surface area (Å²) in [7, 11) is 0. The van der Waals surface area contributed by atoms with Gasteiger partial charge in [-0.3, -0.25) is 4.90 Å². The van der Waals surface area contributed by atoms with Gasteiger partial charge in [0.2, 0.25) is 5.89 Å². The highest BCUT2D eigenvalue weighted by molar-refractivity contribution is 5.25. The van der Waals surface area contributed by atoms with E-state index in [4.69, 9.17) is 4.52 Å². The monoisotopic (exact) mass is 403 g/mol. The molecule has 2 heterocycles. The molecule has 0 spiro atoms. The topological polar surface area (TPSA) is 62.4 Å². The van der Waals surface area contributed by atoms with E-state index >= 15 is 0 Å². The van der Waals surface area contributed by atoms with Crippen molar-refractivity contribution in [2.75, 3.05) is 6.54 Å². The first-order valence-electron chi connectivity index (χ1n) is 11.1. The van der Waals surface area contributed by atoms with Crippen LogP contribution in [0.1, 0.15) is 54.9 Å². The van der Waals surface area contributed by atoms with E-state index in [9.17, 15) is 5.11 Å². The van der Waals surface area contributed by atoms with Crippen LogP contribution in [0.4, 0.5) is 0 Å². The van der Waals surface area contributed by atoms with Gasteiger partial charge in [0.25, 0.3) is 0 Å². The molecule has 0 unspecified atom stereocenters. The SMILES string of the molecule is O[C@@]1(c2ccccc2)CCN(Cc2nc(Cc3ccccc3)no2)[C@H]2CCCC[C@@H]21. The van der Waals surface area contributed by atoms with E-state index in [0.29, 0.717) is 24.9 Å². The van der Waals surface area contributed by atoms with Gasteiger partial charge in [0.15, 0.2) is 5.82 Å². The van der Waals surface area contributed by atoms with Crippen LogP contribution in [0, 0.1) is 5.92 Å². The fourth-order valence-corrected chi connectivity index (χ4v) is 5.43. The summed E-state index contributed by atoms with van der Waals surface area (Å²) in [6, 6.07) is 20.8.